The lowest BCUT2D eigenvalue weighted by atomic mass is 10.1. The van der Waals surface area contributed by atoms with Crippen LogP contribution in [0.2, 0.25) is 0 Å². The highest BCUT2D eigenvalue weighted by Crippen LogP contribution is 2.22. The van der Waals surface area contributed by atoms with Crippen molar-refractivity contribution in [1.29, 1.82) is 0 Å². The summed E-state index contributed by atoms with van der Waals surface area (Å²) >= 11 is 0. The van der Waals surface area contributed by atoms with Gasteiger partial charge in [-0.05, 0) is 48.7 Å². The zero-order chi connectivity index (χ0) is 16.1. The highest BCUT2D eigenvalue weighted by Gasteiger charge is 2.13. The Morgan fingerprint density at radius 2 is 1.91 bits per heavy atom. The summed E-state index contributed by atoms with van der Waals surface area (Å²) in [6, 6.07) is 11.9. The van der Waals surface area contributed by atoms with Gasteiger partial charge in [-0.1, -0.05) is 25.1 Å². The average Bonchev–Trinajstić information content (AvgIpc) is 2.54. The molecule has 2 aromatic rings. The summed E-state index contributed by atoms with van der Waals surface area (Å²) < 4.78 is 18.6. The molecule has 0 aliphatic carbocycles. The van der Waals surface area contributed by atoms with Gasteiger partial charge in [0.15, 0.2) is 11.6 Å². The molecule has 1 amide bonds. The van der Waals surface area contributed by atoms with Crippen molar-refractivity contribution >= 4 is 5.91 Å². The number of carbonyl (C=O) groups is 1. The van der Waals surface area contributed by atoms with Crippen molar-refractivity contribution in [2.24, 2.45) is 0 Å². The van der Waals surface area contributed by atoms with Gasteiger partial charge < -0.3 is 10.1 Å². The maximum atomic E-state index is 13.7. The third-order valence-corrected chi connectivity index (χ3v) is 3.65. The standard InChI is InChI=1S/C18H20FNO2/c1-4-13-5-7-14(8-6-13)18(21)20-12(2)15-9-10-17(22-3)16(19)11-15/h5-12H,4H2,1-3H3,(H,20,21). The molecule has 1 unspecified atom stereocenters. The van der Waals surface area contributed by atoms with E-state index in [9.17, 15) is 9.18 Å². The van der Waals surface area contributed by atoms with Gasteiger partial charge in [0.1, 0.15) is 0 Å². The number of aryl methyl sites for hydroxylation is 1. The van der Waals surface area contributed by atoms with E-state index < -0.39 is 5.82 Å². The Hall–Kier alpha value is -2.36. The van der Waals surface area contributed by atoms with Crippen molar-refractivity contribution in [2.75, 3.05) is 7.11 Å². The van der Waals surface area contributed by atoms with Crippen molar-refractivity contribution in [3.05, 3.63) is 65.0 Å². The number of hydrogen-bond acceptors (Lipinski definition) is 2. The van der Waals surface area contributed by atoms with Gasteiger partial charge in [0.05, 0.1) is 13.2 Å². The second kappa shape index (κ2) is 7.07. The number of carbonyl (C=O) groups excluding carboxylic acids is 1. The average molecular weight is 301 g/mol. The van der Waals surface area contributed by atoms with Crippen molar-refractivity contribution in [3.8, 4) is 5.75 Å². The van der Waals surface area contributed by atoms with Gasteiger partial charge in [-0.25, -0.2) is 4.39 Å². The number of nitrogens with one attached hydrogen (secondary N) is 1. The molecule has 0 fully saturated rings. The first kappa shape index (κ1) is 16.0. The molecule has 22 heavy (non-hydrogen) atoms. The molecule has 116 valence electrons. The van der Waals surface area contributed by atoms with Crippen molar-refractivity contribution in [2.45, 2.75) is 26.3 Å². The third-order valence-electron chi connectivity index (χ3n) is 3.65. The van der Waals surface area contributed by atoms with Gasteiger partial charge in [-0.15, -0.1) is 0 Å². The van der Waals surface area contributed by atoms with Crippen LogP contribution < -0.4 is 10.1 Å². The molecule has 1 atom stereocenters. The van der Waals surface area contributed by atoms with Crippen molar-refractivity contribution in [3.63, 3.8) is 0 Å². The number of amides is 1. The zero-order valence-corrected chi connectivity index (χ0v) is 13.0. The second-order valence-electron chi connectivity index (χ2n) is 5.14. The minimum atomic E-state index is -0.437. The predicted octanol–water partition coefficient (Wildman–Crippen LogP) is 3.89. The van der Waals surface area contributed by atoms with Crippen LogP contribution in [0.15, 0.2) is 42.5 Å². The van der Waals surface area contributed by atoms with E-state index in [1.54, 1.807) is 24.3 Å². The molecule has 0 heterocycles. The zero-order valence-electron chi connectivity index (χ0n) is 13.0. The van der Waals surface area contributed by atoms with Gasteiger partial charge in [0, 0.05) is 5.56 Å². The van der Waals surface area contributed by atoms with E-state index in [-0.39, 0.29) is 17.7 Å². The molecular formula is C18H20FNO2. The fourth-order valence-corrected chi connectivity index (χ4v) is 2.21. The fourth-order valence-electron chi connectivity index (χ4n) is 2.21. The van der Waals surface area contributed by atoms with Crippen LogP contribution in [0.5, 0.6) is 5.75 Å². The molecule has 0 radical (unpaired) electrons. The second-order valence-corrected chi connectivity index (χ2v) is 5.14. The first-order valence-corrected chi connectivity index (χ1v) is 7.28. The van der Waals surface area contributed by atoms with Crippen LogP contribution >= 0.6 is 0 Å². The Kier molecular flexibility index (Phi) is 5.15. The van der Waals surface area contributed by atoms with Gasteiger partial charge in [0.2, 0.25) is 0 Å². The Morgan fingerprint density at radius 3 is 2.45 bits per heavy atom. The summed E-state index contributed by atoms with van der Waals surface area (Å²) in [5, 5.41) is 2.87. The number of halogens is 1. The quantitative estimate of drug-likeness (QED) is 0.910. The molecule has 0 spiro atoms. The minimum absolute atomic E-state index is 0.175. The van der Waals surface area contributed by atoms with E-state index in [2.05, 4.69) is 12.2 Å². The lowest BCUT2D eigenvalue weighted by molar-refractivity contribution is 0.0940. The lowest BCUT2D eigenvalue weighted by Crippen LogP contribution is -2.26. The predicted molar refractivity (Wildman–Crippen MR) is 84.7 cm³/mol. The monoisotopic (exact) mass is 301 g/mol. The number of ether oxygens (including phenoxy) is 1. The summed E-state index contributed by atoms with van der Waals surface area (Å²) in [6.07, 6.45) is 0.934. The molecule has 2 aromatic carbocycles. The smallest absolute Gasteiger partial charge is 0.251 e. The van der Waals surface area contributed by atoms with Crippen LogP contribution in [0.1, 0.15) is 41.4 Å². The molecule has 0 saturated carbocycles. The van der Waals surface area contributed by atoms with E-state index in [1.165, 1.54) is 18.7 Å². The highest BCUT2D eigenvalue weighted by atomic mass is 19.1. The SMILES string of the molecule is CCc1ccc(C(=O)NC(C)c2ccc(OC)c(F)c2)cc1. The van der Waals surface area contributed by atoms with Crippen LogP contribution in [0.3, 0.4) is 0 Å². The molecule has 2 rings (SSSR count). The van der Waals surface area contributed by atoms with Gasteiger partial charge in [-0.2, -0.15) is 0 Å². The molecule has 0 aliphatic rings. The van der Waals surface area contributed by atoms with E-state index in [1.807, 2.05) is 19.1 Å². The lowest BCUT2D eigenvalue weighted by Gasteiger charge is -2.15. The van der Waals surface area contributed by atoms with Crippen LogP contribution in [0.4, 0.5) is 4.39 Å². The fraction of sp³-hybridized carbons (Fsp3) is 0.278. The van der Waals surface area contributed by atoms with Crippen LogP contribution in [-0.4, -0.2) is 13.0 Å². The largest absolute Gasteiger partial charge is 0.494 e. The first-order valence-electron chi connectivity index (χ1n) is 7.28. The van der Waals surface area contributed by atoms with Crippen molar-refractivity contribution in [1.82, 2.24) is 5.32 Å². The summed E-state index contributed by atoms with van der Waals surface area (Å²) in [5.41, 5.74) is 2.47. The molecule has 4 heteroatoms. The summed E-state index contributed by atoms with van der Waals surface area (Å²) in [4.78, 5) is 12.2. The molecule has 0 bridgehead atoms. The number of hydrogen-bond donors (Lipinski definition) is 1. The van der Waals surface area contributed by atoms with Gasteiger partial charge in [0.25, 0.3) is 5.91 Å². The topological polar surface area (TPSA) is 38.3 Å². The molecule has 0 aromatic heterocycles. The van der Waals surface area contributed by atoms with E-state index in [0.29, 0.717) is 11.1 Å². The van der Waals surface area contributed by atoms with Gasteiger partial charge >= 0.3 is 0 Å². The Bertz CT molecular complexity index is 653. The van der Waals surface area contributed by atoms with E-state index >= 15 is 0 Å². The number of rotatable bonds is 5. The van der Waals surface area contributed by atoms with Crippen LogP contribution in [0.25, 0.3) is 0 Å². The summed E-state index contributed by atoms with van der Waals surface area (Å²) in [6.45, 7) is 3.88. The summed E-state index contributed by atoms with van der Waals surface area (Å²) in [7, 11) is 1.42. The Balaban J connectivity index is 2.08. The van der Waals surface area contributed by atoms with E-state index in [4.69, 9.17) is 4.74 Å². The Morgan fingerprint density at radius 1 is 1.23 bits per heavy atom. The molecule has 3 nitrogen and oxygen atoms in total. The summed E-state index contributed by atoms with van der Waals surface area (Å²) in [5.74, 6) is -0.419. The van der Waals surface area contributed by atoms with Gasteiger partial charge in [-0.3, -0.25) is 4.79 Å². The number of benzene rings is 2. The van der Waals surface area contributed by atoms with Crippen molar-refractivity contribution < 1.29 is 13.9 Å². The maximum Gasteiger partial charge on any atom is 0.251 e. The molecular weight excluding hydrogens is 281 g/mol. The number of methoxy groups -OCH3 is 1. The molecule has 0 saturated heterocycles. The third kappa shape index (κ3) is 3.64. The highest BCUT2D eigenvalue weighted by molar-refractivity contribution is 5.94. The van der Waals surface area contributed by atoms with E-state index in [0.717, 1.165) is 6.42 Å². The normalized spacial score (nSPS) is 11.8. The minimum Gasteiger partial charge on any atom is -0.494 e. The maximum absolute atomic E-state index is 13.7. The first-order chi connectivity index (χ1) is 10.5. The van der Waals surface area contributed by atoms with Crippen LogP contribution in [0, 0.1) is 5.82 Å². The molecule has 0 aliphatic heterocycles. The Labute approximate surface area is 130 Å². The molecule has 1 N–H and O–H groups in total. The van der Waals surface area contributed by atoms with Crippen LogP contribution in [-0.2, 0) is 6.42 Å².